The van der Waals surface area contributed by atoms with Gasteiger partial charge in [0.1, 0.15) is 11.5 Å². The maximum Gasteiger partial charge on any atom is 0.234 e. The first-order valence-corrected chi connectivity index (χ1v) is 7.22. The molecule has 2 aliphatic rings. The number of ether oxygens (including phenoxy) is 1. The van der Waals surface area contributed by atoms with Crippen LogP contribution in [-0.4, -0.2) is 55.0 Å². The van der Waals surface area contributed by atoms with Crippen molar-refractivity contribution in [3.63, 3.8) is 0 Å². The standard InChI is InChI=1S/C15H20N2O4/c1-10-3-4-11(21-10)7-16-8-12-13(9-16)15(19)17(14(12)18)5-6-20-2/h3-4,12-13H,5-9H2,1-2H3/t12-,13+. The molecule has 1 aromatic heterocycles. The monoisotopic (exact) mass is 292 g/mol. The molecule has 0 radical (unpaired) electrons. The third-order valence-electron chi connectivity index (χ3n) is 4.26. The molecule has 2 atom stereocenters. The molecule has 0 saturated carbocycles. The Labute approximate surface area is 123 Å². The minimum absolute atomic E-state index is 0.0554. The molecule has 3 rings (SSSR count). The number of fused-ring (bicyclic) bond motifs is 1. The number of hydrogen-bond acceptors (Lipinski definition) is 5. The highest BCUT2D eigenvalue weighted by Gasteiger charge is 2.51. The Bertz CT molecular complexity index is 530. The largest absolute Gasteiger partial charge is 0.465 e. The molecular formula is C15H20N2O4. The molecule has 0 bridgehead atoms. The van der Waals surface area contributed by atoms with Gasteiger partial charge in [-0.15, -0.1) is 0 Å². The number of nitrogens with zero attached hydrogens (tertiary/aromatic N) is 2. The van der Waals surface area contributed by atoms with Crippen molar-refractivity contribution in [1.82, 2.24) is 9.80 Å². The molecule has 114 valence electrons. The van der Waals surface area contributed by atoms with E-state index in [1.165, 1.54) is 4.90 Å². The molecule has 2 saturated heterocycles. The molecule has 2 fully saturated rings. The Morgan fingerprint density at radius 1 is 1.24 bits per heavy atom. The molecule has 0 aliphatic carbocycles. The van der Waals surface area contributed by atoms with Crippen LogP contribution >= 0.6 is 0 Å². The Balaban J connectivity index is 1.63. The zero-order valence-corrected chi connectivity index (χ0v) is 12.4. The predicted octanol–water partition coefficient (Wildman–Crippen LogP) is 0.651. The van der Waals surface area contributed by atoms with Crippen molar-refractivity contribution in [1.29, 1.82) is 0 Å². The Morgan fingerprint density at radius 3 is 2.43 bits per heavy atom. The summed E-state index contributed by atoms with van der Waals surface area (Å²) in [5, 5.41) is 0. The summed E-state index contributed by atoms with van der Waals surface area (Å²) in [5.74, 6) is 1.24. The fourth-order valence-corrected chi connectivity index (χ4v) is 3.22. The number of hydrogen-bond donors (Lipinski definition) is 0. The number of carbonyl (C=O) groups is 2. The summed E-state index contributed by atoms with van der Waals surface area (Å²) in [4.78, 5) is 28.1. The zero-order valence-electron chi connectivity index (χ0n) is 12.4. The first-order chi connectivity index (χ1) is 10.1. The minimum atomic E-state index is -0.203. The number of likely N-dealkylation sites (tertiary alicyclic amines) is 2. The van der Waals surface area contributed by atoms with Crippen LogP contribution < -0.4 is 0 Å². The molecule has 2 amide bonds. The second kappa shape index (κ2) is 5.61. The lowest BCUT2D eigenvalue weighted by Gasteiger charge is -2.19. The Kier molecular flexibility index (Phi) is 3.82. The number of amides is 2. The minimum Gasteiger partial charge on any atom is -0.465 e. The third-order valence-corrected chi connectivity index (χ3v) is 4.26. The number of rotatable bonds is 5. The van der Waals surface area contributed by atoms with Gasteiger partial charge >= 0.3 is 0 Å². The fourth-order valence-electron chi connectivity index (χ4n) is 3.22. The van der Waals surface area contributed by atoms with Gasteiger partial charge in [0.2, 0.25) is 11.8 Å². The van der Waals surface area contributed by atoms with Crippen molar-refractivity contribution in [2.24, 2.45) is 11.8 Å². The van der Waals surface area contributed by atoms with Crippen molar-refractivity contribution >= 4 is 11.8 Å². The van der Waals surface area contributed by atoms with E-state index in [4.69, 9.17) is 9.15 Å². The number of methoxy groups -OCH3 is 1. The van der Waals surface area contributed by atoms with E-state index in [1.807, 2.05) is 19.1 Å². The molecule has 6 heteroatoms. The van der Waals surface area contributed by atoms with E-state index in [0.29, 0.717) is 32.8 Å². The van der Waals surface area contributed by atoms with Gasteiger partial charge in [-0.2, -0.15) is 0 Å². The van der Waals surface area contributed by atoms with Gasteiger partial charge < -0.3 is 9.15 Å². The van der Waals surface area contributed by atoms with Gasteiger partial charge in [-0.05, 0) is 19.1 Å². The molecule has 1 aromatic rings. The number of aryl methyl sites for hydroxylation is 1. The molecule has 0 spiro atoms. The zero-order chi connectivity index (χ0) is 15.0. The van der Waals surface area contributed by atoms with Crippen LogP contribution in [-0.2, 0) is 20.9 Å². The number of furan rings is 1. The van der Waals surface area contributed by atoms with Gasteiger partial charge in [-0.1, -0.05) is 0 Å². The summed E-state index contributed by atoms with van der Waals surface area (Å²) in [6.07, 6.45) is 0. The van der Waals surface area contributed by atoms with E-state index in [0.717, 1.165) is 11.5 Å². The van der Waals surface area contributed by atoms with E-state index < -0.39 is 0 Å². The van der Waals surface area contributed by atoms with E-state index in [9.17, 15) is 9.59 Å². The normalized spacial score (nSPS) is 25.9. The van der Waals surface area contributed by atoms with Crippen LogP contribution in [0.25, 0.3) is 0 Å². The first kappa shape index (κ1) is 14.3. The van der Waals surface area contributed by atoms with Gasteiger partial charge in [0, 0.05) is 20.2 Å². The van der Waals surface area contributed by atoms with E-state index in [-0.39, 0.29) is 23.7 Å². The van der Waals surface area contributed by atoms with Crippen LogP contribution in [0.5, 0.6) is 0 Å². The van der Waals surface area contributed by atoms with Gasteiger partial charge in [0.25, 0.3) is 0 Å². The Hall–Kier alpha value is -1.66. The van der Waals surface area contributed by atoms with Crippen LogP contribution in [0.4, 0.5) is 0 Å². The summed E-state index contributed by atoms with van der Waals surface area (Å²) in [7, 11) is 1.57. The highest BCUT2D eigenvalue weighted by Crippen LogP contribution is 2.34. The first-order valence-electron chi connectivity index (χ1n) is 7.22. The summed E-state index contributed by atoms with van der Waals surface area (Å²) >= 11 is 0. The fraction of sp³-hybridized carbons (Fsp3) is 0.600. The second-order valence-corrected chi connectivity index (χ2v) is 5.74. The smallest absolute Gasteiger partial charge is 0.234 e. The molecule has 3 heterocycles. The number of carbonyl (C=O) groups excluding carboxylic acids is 2. The summed E-state index contributed by atoms with van der Waals surface area (Å²) in [6, 6.07) is 3.87. The molecule has 21 heavy (non-hydrogen) atoms. The lowest BCUT2D eigenvalue weighted by Crippen LogP contribution is -2.37. The summed E-state index contributed by atoms with van der Waals surface area (Å²) < 4.78 is 10.5. The third kappa shape index (κ3) is 2.61. The predicted molar refractivity (Wildman–Crippen MR) is 74.3 cm³/mol. The molecule has 0 N–H and O–H groups in total. The maximum atomic E-state index is 12.3. The van der Waals surface area contributed by atoms with Crippen molar-refractivity contribution < 1.29 is 18.7 Å². The second-order valence-electron chi connectivity index (χ2n) is 5.74. The van der Waals surface area contributed by atoms with Gasteiger partial charge in [-0.25, -0.2) is 0 Å². The van der Waals surface area contributed by atoms with Crippen molar-refractivity contribution in [3.8, 4) is 0 Å². The van der Waals surface area contributed by atoms with Crippen molar-refractivity contribution in [2.75, 3.05) is 33.4 Å². The van der Waals surface area contributed by atoms with Crippen LogP contribution in [0.2, 0.25) is 0 Å². The van der Waals surface area contributed by atoms with E-state index in [1.54, 1.807) is 7.11 Å². The molecule has 6 nitrogen and oxygen atoms in total. The quantitative estimate of drug-likeness (QED) is 0.746. The molecule has 2 aliphatic heterocycles. The maximum absolute atomic E-state index is 12.3. The van der Waals surface area contributed by atoms with Crippen LogP contribution in [0, 0.1) is 18.8 Å². The van der Waals surface area contributed by atoms with Crippen molar-refractivity contribution in [3.05, 3.63) is 23.7 Å². The number of imide groups is 1. The molecule has 0 aromatic carbocycles. The lowest BCUT2D eigenvalue weighted by molar-refractivity contribution is -0.141. The topological polar surface area (TPSA) is 63.0 Å². The van der Waals surface area contributed by atoms with Gasteiger partial charge in [0.15, 0.2) is 0 Å². The highest BCUT2D eigenvalue weighted by atomic mass is 16.5. The van der Waals surface area contributed by atoms with E-state index >= 15 is 0 Å². The average Bonchev–Trinajstić information content (AvgIpc) is 3.10. The lowest BCUT2D eigenvalue weighted by atomic mass is 10.00. The Morgan fingerprint density at radius 2 is 1.90 bits per heavy atom. The van der Waals surface area contributed by atoms with Crippen molar-refractivity contribution in [2.45, 2.75) is 13.5 Å². The van der Waals surface area contributed by atoms with Gasteiger partial charge in [0.05, 0.1) is 31.5 Å². The SMILES string of the molecule is COCCN1C(=O)[C@H]2CN(Cc3ccc(C)o3)C[C@H]2C1=O. The average molecular weight is 292 g/mol. The van der Waals surface area contributed by atoms with Crippen LogP contribution in [0.3, 0.4) is 0 Å². The van der Waals surface area contributed by atoms with Crippen LogP contribution in [0.1, 0.15) is 11.5 Å². The highest BCUT2D eigenvalue weighted by molar-refractivity contribution is 6.05. The molecular weight excluding hydrogens is 272 g/mol. The molecule has 0 unspecified atom stereocenters. The summed E-state index contributed by atoms with van der Waals surface area (Å²) in [6.45, 7) is 4.56. The van der Waals surface area contributed by atoms with E-state index in [2.05, 4.69) is 4.90 Å². The van der Waals surface area contributed by atoms with Crippen LogP contribution in [0.15, 0.2) is 16.5 Å². The van der Waals surface area contributed by atoms with Gasteiger partial charge in [-0.3, -0.25) is 19.4 Å². The summed E-state index contributed by atoms with van der Waals surface area (Å²) in [5.41, 5.74) is 0.